The van der Waals surface area contributed by atoms with E-state index in [0.717, 1.165) is 10.5 Å². The lowest BCUT2D eigenvalue weighted by Crippen LogP contribution is -2.36. The molecule has 0 aromatic heterocycles. The van der Waals surface area contributed by atoms with Crippen LogP contribution in [0.5, 0.6) is 5.75 Å². The molecule has 0 unspecified atom stereocenters. The molecule has 1 fully saturated rings. The quantitative estimate of drug-likeness (QED) is 0.470. The van der Waals surface area contributed by atoms with Gasteiger partial charge in [0.25, 0.3) is 5.91 Å². The van der Waals surface area contributed by atoms with Gasteiger partial charge in [-0.1, -0.05) is 24.3 Å². The van der Waals surface area contributed by atoms with E-state index in [9.17, 15) is 18.8 Å². The van der Waals surface area contributed by atoms with E-state index >= 15 is 0 Å². The molecule has 0 spiro atoms. The van der Waals surface area contributed by atoms with Crippen molar-refractivity contribution in [2.24, 2.45) is 0 Å². The van der Waals surface area contributed by atoms with E-state index in [2.05, 4.69) is 10.1 Å². The number of urea groups is 1. The average Bonchev–Trinajstić information content (AvgIpc) is 2.95. The zero-order valence-corrected chi connectivity index (χ0v) is 15.0. The largest absolute Gasteiger partial charge is 0.489 e. The lowest BCUT2D eigenvalue weighted by atomic mass is 10.1. The fourth-order valence-corrected chi connectivity index (χ4v) is 2.52. The minimum atomic E-state index is -0.694. The Morgan fingerprint density at radius 3 is 2.64 bits per heavy atom. The fourth-order valence-electron chi connectivity index (χ4n) is 2.52. The average molecular weight is 384 g/mol. The molecule has 144 valence electrons. The number of carbonyl (C=O) groups excluding carboxylic acids is 3. The molecule has 0 atom stereocenters. The van der Waals surface area contributed by atoms with Crippen LogP contribution in [0.15, 0.2) is 54.2 Å². The summed E-state index contributed by atoms with van der Waals surface area (Å²) in [6.45, 7) is -0.206. The third kappa shape index (κ3) is 4.53. The Bertz CT molecular complexity index is 940. The highest BCUT2D eigenvalue weighted by Gasteiger charge is 2.35. The van der Waals surface area contributed by atoms with E-state index in [1.807, 2.05) is 0 Å². The lowest BCUT2D eigenvalue weighted by Gasteiger charge is -2.09. The maximum absolute atomic E-state index is 12.9. The van der Waals surface area contributed by atoms with Crippen molar-refractivity contribution >= 4 is 24.0 Å². The summed E-state index contributed by atoms with van der Waals surface area (Å²) >= 11 is 0. The van der Waals surface area contributed by atoms with Gasteiger partial charge in [0.1, 0.15) is 30.4 Å². The predicted octanol–water partition coefficient (Wildman–Crippen LogP) is 2.47. The van der Waals surface area contributed by atoms with Crippen molar-refractivity contribution in [1.29, 1.82) is 0 Å². The summed E-state index contributed by atoms with van der Waals surface area (Å²) < 4.78 is 23.1. The molecule has 8 heteroatoms. The topological polar surface area (TPSA) is 84.9 Å². The third-order valence-electron chi connectivity index (χ3n) is 3.97. The van der Waals surface area contributed by atoms with Crippen LogP contribution in [0.1, 0.15) is 11.1 Å². The van der Waals surface area contributed by atoms with Crippen molar-refractivity contribution in [2.75, 3.05) is 13.7 Å². The molecule has 28 heavy (non-hydrogen) atoms. The van der Waals surface area contributed by atoms with Crippen LogP contribution < -0.4 is 10.1 Å². The first-order valence-corrected chi connectivity index (χ1v) is 8.35. The number of ether oxygens (including phenoxy) is 2. The molecular weight excluding hydrogens is 367 g/mol. The SMILES string of the molecule is COC(=O)CN1C(=O)N/C(=C/c2cccc(OCc3ccc(F)cc3)c2)C1=O. The molecule has 1 aliphatic rings. The van der Waals surface area contributed by atoms with Crippen molar-refractivity contribution in [1.82, 2.24) is 10.2 Å². The maximum atomic E-state index is 12.9. The summed E-state index contributed by atoms with van der Waals surface area (Å²) in [6, 6.07) is 12.2. The Morgan fingerprint density at radius 1 is 1.18 bits per heavy atom. The van der Waals surface area contributed by atoms with Gasteiger partial charge in [0.05, 0.1) is 7.11 Å². The molecule has 7 nitrogen and oxygen atoms in total. The number of imide groups is 1. The Hall–Kier alpha value is -3.68. The molecule has 1 N–H and O–H groups in total. The number of halogens is 1. The molecular formula is C20H17FN2O5. The summed E-state index contributed by atoms with van der Waals surface area (Å²) in [5.74, 6) is -1.09. The van der Waals surface area contributed by atoms with Crippen LogP contribution in [-0.2, 0) is 20.9 Å². The first kappa shape index (κ1) is 19.1. The van der Waals surface area contributed by atoms with Gasteiger partial charge in [-0.3, -0.25) is 9.59 Å². The van der Waals surface area contributed by atoms with Crippen molar-refractivity contribution in [3.63, 3.8) is 0 Å². The fraction of sp³-hybridized carbons (Fsp3) is 0.150. The third-order valence-corrected chi connectivity index (χ3v) is 3.97. The number of hydrogen-bond acceptors (Lipinski definition) is 5. The molecule has 2 aromatic carbocycles. The van der Waals surface area contributed by atoms with E-state index in [0.29, 0.717) is 11.3 Å². The molecule has 0 aliphatic carbocycles. The van der Waals surface area contributed by atoms with Crippen LogP contribution in [0.25, 0.3) is 6.08 Å². The monoisotopic (exact) mass is 384 g/mol. The van der Waals surface area contributed by atoms with Gasteiger partial charge >= 0.3 is 12.0 Å². The van der Waals surface area contributed by atoms with Crippen LogP contribution in [0.3, 0.4) is 0 Å². The number of carbonyl (C=O) groups is 3. The minimum Gasteiger partial charge on any atom is -0.489 e. The second kappa shape index (κ2) is 8.34. The summed E-state index contributed by atoms with van der Waals surface area (Å²) in [5.41, 5.74) is 1.48. The van der Waals surface area contributed by atoms with Crippen LogP contribution in [0.2, 0.25) is 0 Å². The summed E-state index contributed by atoms with van der Waals surface area (Å²) in [7, 11) is 1.18. The first-order valence-electron chi connectivity index (χ1n) is 8.35. The van der Waals surface area contributed by atoms with Gasteiger partial charge in [0.15, 0.2) is 0 Å². The molecule has 1 aliphatic heterocycles. The molecule has 0 bridgehead atoms. The maximum Gasteiger partial charge on any atom is 0.329 e. The van der Waals surface area contributed by atoms with Crippen LogP contribution in [0, 0.1) is 5.82 Å². The highest BCUT2D eigenvalue weighted by Crippen LogP contribution is 2.19. The molecule has 3 rings (SSSR count). The molecule has 2 aromatic rings. The lowest BCUT2D eigenvalue weighted by molar-refractivity contribution is -0.143. The van der Waals surface area contributed by atoms with E-state index in [-0.39, 0.29) is 18.1 Å². The smallest absolute Gasteiger partial charge is 0.329 e. The summed E-state index contributed by atoms with van der Waals surface area (Å²) in [4.78, 5) is 36.3. The van der Waals surface area contributed by atoms with Crippen LogP contribution in [0.4, 0.5) is 9.18 Å². The van der Waals surface area contributed by atoms with Gasteiger partial charge in [0, 0.05) is 0 Å². The number of esters is 1. The first-order chi connectivity index (χ1) is 13.5. The van der Waals surface area contributed by atoms with E-state index in [1.165, 1.54) is 25.3 Å². The van der Waals surface area contributed by atoms with Gasteiger partial charge in [-0.2, -0.15) is 0 Å². The van der Waals surface area contributed by atoms with Gasteiger partial charge in [0.2, 0.25) is 0 Å². The van der Waals surface area contributed by atoms with Crippen LogP contribution in [-0.4, -0.2) is 36.5 Å². The normalized spacial score (nSPS) is 14.9. The summed E-state index contributed by atoms with van der Waals surface area (Å²) in [5, 5.41) is 2.43. The Labute approximate surface area is 160 Å². The highest BCUT2D eigenvalue weighted by molar-refractivity contribution is 6.15. The van der Waals surface area contributed by atoms with Gasteiger partial charge < -0.3 is 14.8 Å². The standard InChI is InChI=1S/C20H17FN2O5/c1-27-18(24)11-23-19(25)17(22-20(23)26)10-14-3-2-4-16(9-14)28-12-13-5-7-15(21)8-6-13/h2-10H,11-12H2,1H3,(H,22,26)/b17-10+. The number of amides is 3. The Kier molecular flexibility index (Phi) is 5.69. The zero-order chi connectivity index (χ0) is 20.1. The van der Waals surface area contributed by atoms with Crippen molar-refractivity contribution in [2.45, 2.75) is 6.61 Å². The van der Waals surface area contributed by atoms with Gasteiger partial charge in [-0.05, 0) is 41.5 Å². The highest BCUT2D eigenvalue weighted by atomic mass is 19.1. The van der Waals surface area contributed by atoms with E-state index in [1.54, 1.807) is 36.4 Å². The number of methoxy groups -OCH3 is 1. The molecule has 3 amide bonds. The van der Waals surface area contributed by atoms with Crippen molar-refractivity contribution in [3.8, 4) is 5.75 Å². The van der Waals surface area contributed by atoms with Crippen molar-refractivity contribution in [3.05, 3.63) is 71.2 Å². The number of rotatable bonds is 6. The molecule has 1 heterocycles. The summed E-state index contributed by atoms with van der Waals surface area (Å²) in [6.07, 6.45) is 1.49. The van der Waals surface area contributed by atoms with E-state index in [4.69, 9.17) is 4.74 Å². The number of hydrogen-bond donors (Lipinski definition) is 1. The number of nitrogens with zero attached hydrogens (tertiary/aromatic N) is 1. The molecule has 1 saturated heterocycles. The molecule has 0 saturated carbocycles. The Morgan fingerprint density at radius 2 is 1.93 bits per heavy atom. The van der Waals surface area contributed by atoms with Gasteiger partial charge in [-0.25, -0.2) is 14.1 Å². The zero-order valence-electron chi connectivity index (χ0n) is 15.0. The van der Waals surface area contributed by atoms with Gasteiger partial charge in [-0.15, -0.1) is 0 Å². The second-order valence-corrected chi connectivity index (χ2v) is 5.94. The van der Waals surface area contributed by atoms with Crippen LogP contribution >= 0.6 is 0 Å². The minimum absolute atomic E-state index is 0.0459. The number of nitrogens with one attached hydrogen (secondary N) is 1. The van der Waals surface area contributed by atoms with E-state index < -0.39 is 24.5 Å². The number of benzene rings is 2. The van der Waals surface area contributed by atoms with Crippen molar-refractivity contribution < 1.29 is 28.2 Å². The Balaban J connectivity index is 1.69. The molecule has 0 radical (unpaired) electrons. The predicted molar refractivity (Wildman–Crippen MR) is 97.4 cm³/mol. The second-order valence-electron chi connectivity index (χ2n) is 5.94.